The summed E-state index contributed by atoms with van der Waals surface area (Å²) < 4.78 is 35.0. The van der Waals surface area contributed by atoms with Crippen molar-refractivity contribution in [3.8, 4) is 5.75 Å². The van der Waals surface area contributed by atoms with Gasteiger partial charge in [0.1, 0.15) is 16.7 Å². The minimum absolute atomic E-state index is 0.0465. The first kappa shape index (κ1) is 23.7. The van der Waals surface area contributed by atoms with Gasteiger partial charge in [0.15, 0.2) is 17.7 Å². The van der Waals surface area contributed by atoms with Crippen molar-refractivity contribution in [3.63, 3.8) is 0 Å². The van der Waals surface area contributed by atoms with Gasteiger partial charge in [-0.1, -0.05) is 17.7 Å². The Balaban J connectivity index is 1.56. The van der Waals surface area contributed by atoms with Crippen molar-refractivity contribution in [2.45, 2.75) is 44.3 Å². The number of ether oxygens (including phenoxy) is 1. The average molecular weight is 498 g/mol. The third-order valence-corrected chi connectivity index (χ3v) is 7.31. The number of benzene rings is 1. The number of halogens is 3. The Morgan fingerprint density at radius 1 is 1.33 bits per heavy atom. The summed E-state index contributed by atoms with van der Waals surface area (Å²) in [7, 11) is 1.53. The molecule has 2 atom stereocenters. The molecule has 1 saturated heterocycles. The summed E-state index contributed by atoms with van der Waals surface area (Å²) in [5.41, 5.74) is -0.244. The van der Waals surface area contributed by atoms with Gasteiger partial charge in [0.2, 0.25) is 5.43 Å². The van der Waals surface area contributed by atoms with E-state index in [0.717, 1.165) is 6.07 Å². The minimum atomic E-state index is -0.852. The van der Waals surface area contributed by atoms with Crippen LogP contribution in [0.2, 0.25) is 5.02 Å². The SMILES string of the molecule is C/N=C(/Cc1ccc(F)c(Cl)c1F)SCc1cn2c(c(O)c1=O)C(=O)N1[C@@H](C)CCO[C@@H]1C2. The predicted molar refractivity (Wildman–Crippen MR) is 122 cm³/mol. The maximum Gasteiger partial charge on any atom is 0.276 e. The van der Waals surface area contributed by atoms with Crippen LogP contribution in [0.15, 0.2) is 28.1 Å². The molecular weight excluding hydrogens is 476 g/mol. The number of carbonyl (C=O) groups is 1. The molecule has 0 bridgehead atoms. The Morgan fingerprint density at radius 2 is 2.09 bits per heavy atom. The molecule has 2 aromatic rings. The third kappa shape index (κ3) is 4.39. The number of fused-ring (bicyclic) bond motifs is 2. The lowest BCUT2D eigenvalue weighted by atomic mass is 10.1. The van der Waals surface area contributed by atoms with Crippen molar-refractivity contribution in [3.05, 3.63) is 62.0 Å². The van der Waals surface area contributed by atoms with Crippen LogP contribution in [0.3, 0.4) is 0 Å². The van der Waals surface area contributed by atoms with E-state index in [-0.39, 0.29) is 35.0 Å². The van der Waals surface area contributed by atoms with Gasteiger partial charge in [-0.2, -0.15) is 0 Å². The van der Waals surface area contributed by atoms with Gasteiger partial charge < -0.3 is 19.3 Å². The first-order chi connectivity index (χ1) is 15.7. The van der Waals surface area contributed by atoms with Gasteiger partial charge in [-0.3, -0.25) is 14.6 Å². The van der Waals surface area contributed by atoms with E-state index in [1.54, 1.807) is 15.7 Å². The molecule has 11 heteroatoms. The second kappa shape index (κ2) is 9.44. The summed E-state index contributed by atoms with van der Waals surface area (Å²) in [5.74, 6) is -2.60. The van der Waals surface area contributed by atoms with Crippen molar-refractivity contribution in [1.29, 1.82) is 0 Å². The van der Waals surface area contributed by atoms with Gasteiger partial charge in [0.05, 0.1) is 18.2 Å². The molecule has 0 unspecified atom stereocenters. The van der Waals surface area contributed by atoms with Crippen LogP contribution in [-0.4, -0.2) is 51.4 Å². The summed E-state index contributed by atoms with van der Waals surface area (Å²) in [6, 6.07) is 2.32. The fraction of sp³-hybridized carbons (Fsp3) is 0.409. The van der Waals surface area contributed by atoms with Crippen molar-refractivity contribution >= 4 is 34.3 Å². The van der Waals surface area contributed by atoms with Crippen molar-refractivity contribution in [2.75, 3.05) is 13.7 Å². The van der Waals surface area contributed by atoms with Crippen LogP contribution in [0.5, 0.6) is 5.75 Å². The smallest absolute Gasteiger partial charge is 0.276 e. The molecule has 2 aliphatic heterocycles. The Labute approximate surface area is 198 Å². The molecule has 1 fully saturated rings. The zero-order valence-corrected chi connectivity index (χ0v) is 19.6. The number of carbonyl (C=O) groups excluding carboxylic acids is 1. The van der Waals surface area contributed by atoms with E-state index in [1.807, 2.05) is 6.92 Å². The molecule has 7 nitrogen and oxygen atoms in total. The first-order valence-electron chi connectivity index (χ1n) is 10.3. The maximum absolute atomic E-state index is 14.3. The van der Waals surface area contributed by atoms with E-state index in [1.165, 1.54) is 24.9 Å². The molecule has 0 spiro atoms. The van der Waals surface area contributed by atoms with Crippen molar-refractivity contribution < 1.29 is 23.4 Å². The van der Waals surface area contributed by atoms with Gasteiger partial charge in [-0.15, -0.1) is 11.8 Å². The number of thioether (sulfide) groups is 1. The number of aliphatic imine (C=N–C) groups is 1. The second-order valence-corrected chi connectivity index (χ2v) is 9.35. The van der Waals surface area contributed by atoms with Gasteiger partial charge in [-0.25, -0.2) is 8.78 Å². The number of hydrogen-bond acceptors (Lipinski definition) is 6. The summed E-state index contributed by atoms with van der Waals surface area (Å²) in [6.07, 6.45) is 1.83. The van der Waals surface area contributed by atoms with Gasteiger partial charge in [0.25, 0.3) is 5.91 Å². The molecule has 0 radical (unpaired) electrons. The zero-order chi connectivity index (χ0) is 23.9. The average Bonchev–Trinajstić information content (AvgIpc) is 2.79. The fourth-order valence-electron chi connectivity index (χ4n) is 4.04. The second-order valence-electron chi connectivity index (χ2n) is 7.93. The predicted octanol–water partition coefficient (Wildman–Crippen LogP) is 3.58. The van der Waals surface area contributed by atoms with Gasteiger partial charge >= 0.3 is 0 Å². The standard InChI is InChI=1S/C22H22ClF2N3O4S/c1-11-5-6-32-16-9-27-8-13(20(29)21(30)19(27)22(31)28(11)16)10-33-15(26-2)7-12-3-4-14(24)17(23)18(12)25/h3-4,8,11,16,30H,5-7,9-10H2,1-2H3/b26-15-/t11-,16+/m0/s1. The highest BCUT2D eigenvalue weighted by Gasteiger charge is 2.40. The maximum atomic E-state index is 14.3. The van der Waals surface area contributed by atoms with E-state index in [9.17, 15) is 23.5 Å². The lowest BCUT2D eigenvalue weighted by molar-refractivity contribution is -0.112. The fourth-order valence-corrected chi connectivity index (χ4v) is 5.14. The monoisotopic (exact) mass is 497 g/mol. The van der Waals surface area contributed by atoms with E-state index in [0.29, 0.717) is 24.6 Å². The summed E-state index contributed by atoms with van der Waals surface area (Å²) >= 11 is 6.83. The van der Waals surface area contributed by atoms with Crippen molar-refractivity contribution in [1.82, 2.24) is 9.47 Å². The van der Waals surface area contributed by atoms with Gasteiger partial charge in [-0.05, 0) is 25.0 Å². The van der Waals surface area contributed by atoms with Crippen LogP contribution in [0.4, 0.5) is 8.78 Å². The van der Waals surface area contributed by atoms with Crippen LogP contribution >= 0.6 is 23.4 Å². The van der Waals surface area contributed by atoms with E-state index in [4.69, 9.17) is 16.3 Å². The molecule has 0 saturated carbocycles. The summed E-state index contributed by atoms with van der Waals surface area (Å²) in [5, 5.41) is 10.5. The summed E-state index contributed by atoms with van der Waals surface area (Å²) in [4.78, 5) is 31.5. The zero-order valence-electron chi connectivity index (χ0n) is 18.0. The van der Waals surface area contributed by atoms with Crippen molar-refractivity contribution in [2.24, 2.45) is 4.99 Å². The molecule has 0 aliphatic carbocycles. The number of aromatic hydroxyl groups is 1. The molecule has 3 heterocycles. The van der Waals surface area contributed by atoms with E-state index >= 15 is 0 Å². The molecule has 1 aromatic heterocycles. The number of rotatable bonds is 4. The molecule has 1 amide bonds. The number of pyridine rings is 1. The number of amides is 1. The van der Waals surface area contributed by atoms with E-state index in [2.05, 4.69) is 4.99 Å². The number of nitrogens with zero attached hydrogens (tertiary/aromatic N) is 3. The van der Waals surface area contributed by atoms with Crippen LogP contribution in [0.1, 0.15) is 35.0 Å². The van der Waals surface area contributed by atoms with Crippen LogP contribution in [0, 0.1) is 11.6 Å². The molecular formula is C22H22ClF2N3O4S. The number of aromatic nitrogens is 1. The molecule has 1 N–H and O–H groups in total. The Morgan fingerprint density at radius 3 is 2.82 bits per heavy atom. The highest BCUT2D eigenvalue weighted by Crippen LogP contribution is 2.30. The highest BCUT2D eigenvalue weighted by molar-refractivity contribution is 8.13. The molecule has 176 valence electrons. The summed E-state index contributed by atoms with van der Waals surface area (Å²) in [6.45, 7) is 2.73. The third-order valence-electron chi connectivity index (χ3n) is 5.85. The van der Waals surface area contributed by atoms with E-state index < -0.39 is 40.0 Å². The molecule has 1 aromatic carbocycles. The van der Waals surface area contributed by atoms with Gasteiger partial charge in [0, 0.05) is 37.0 Å². The quantitative estimate of drug-likeness (QED) is 0.396. The Bertz CT molecular complexity index is 1200. The Hall–Kier alpha value is -2.43. The minimum Gasteiger partial charge on any atom is -0.503 e. The van der Waals surface area contributed by atoms with Crippen LogP contribution < -0.4 is 5.43 Å². The van der Waals surface area contributed by atoms with Crippen LogP contribution in [-0.2, 0) is 23.5 Å². The lowest BCUT2D eigenvalue weighted by Crippen LogP contribution is -2.56. The first-order valence-corrected chi connectivity index (χ1v) is 11.7. The molecule has 33 heavy (non-hydrogen) atoms. The molecule has 2 aliphatic rings. The topological polar surface area (TPSA) is 84.1 Å². The van der Waals surface area contributed by atoms with Crippen LogP contribution in [0.25, 0.3) is 0 Å². The highest BCUT2D eigenvalue weighted by atomic mass is 35.5. The Kier molecular flexibility index (Phi) is 6.78. The largest absolute Gasteiger partial charge is 0.503 e. The lowest BCUT2D eigenvalue weighted by Gasteiger charge is -2.44. The molecule has 4 rings (SSSR count). The number of hydrogen-bond donors (Lipinski definition) is 1. The normalized spacial score (nSPS) is 20.6.